The average Bonchev–Trinajstić information content (AvgIpc) is 3.20. The molecule has 0 spiro atoms. The highest BCUT2D eigenvalue weighted by Crippen LogP contribution is 2.21. The molecule has 3 aromatic rings. The summed E-state index contributed by atoms with van der Waals surface area (Å²) in [6.45, 7) is 3.31. The predicted molar refractivity (Wildman–Crippen MR) is 121 cm³/mol. The van der Waals surface area contributed by atoms with Gasteiger partial charge in [0.05, 0.1) is 23.6 Å². The van der Waals surface area contributed by atoms with E-state index in [-0.39, 0.29) is 5.91 Å². The van der Waals surface area contributed by atoms with Gasteiger partial charge in [0.25, 0.3) is 5.91 Å². The number of aliphatic hydroxyl groups is 1. The Hall–Kier alpha value is -3.03. The van der Waals surface area contributed by atoms with Crippen molar-refractivity contribution >= 4 is 5.91 Å². The van der Waals surface area contributed by atoms with Crippen molar-refractivity contribution in [2.24, 2.45) is 7.05 Å². The quantitative estimate of drug-likeness (QED) is 0.645. The van der Waals surface area contributed by atoms with Crippen LogP contribution in [0.15, 0.2) is 48.9 Å². The molecule has 0 aliphatic carbocycles. The molecule has 1 amide bonds. The Morgan fingerprint density at radius 3 is 2.72 bits per heavy atom. The molecule has 1 atom stereocenters. The van der Waals surface area contributed by atoms with Gasteiger partial charge in [-0.2, -0.15) is 5.10 Å². The smallest absolute Gasteiger partial charge is 0.255 e. The second kappa shape index (κ2) is 8.84. The number of β-amino-alcohol motifs (C(OH)–C–C–N with tert-alkyl or cyclic N) is 1. The molecule has 32 heavy (non-hydrogen) atoms. The van der Waals surface area contributed by atoms with Crippen LogP contribution in [0.25, 0.3) is 0 Å². The molecule has 0 saturated carbocycles. The van der Waals surface area contributed by atoms with Gasteiger partial charge < -0.3 is 10.0 Å². The van der Waals surface area contributed by atoms with Crippen molar-refractivity contribution in [2.45, 2.75) is 31.9 Å². The first-order valence-electron chi connectivity index (χ1n) is 11.3. The molecule has 0 bridgehead atoms. The highest BCUT2D eigenvalue weighted by molar-refractivity contribution is 5.96. The van der Waals surface area contributed by atoms with Crippen LogP contribution in [0, 0.1) is 0 Å². The Labute approximate surface area is 188 Å². The standard InChI is InChI=1S/C25H29N5O2/c1-28-14-19(13-27-28)10-18-11-23-24(26-12-18)7-9-30(25(23)32)17-22(31)16-29-8-6-20-4-2-3-5-21(20)15-29/h2-5,11-14,22,31H,6-10,15-17H2,1H3. The molecule has 7 nitrogen and oxygen atoms in total. The lowest BCUT2D eigenvalue weighted by atomic mass is 9.99. The normalized spacial score (nSPS) is 17.2. The largest absolute Gasteiger partial charge is 0.390 e. The van der Waals surface area contributed by atoms with E-state index in [9.17, 15) is 9.90 Å². The lowest BCUT2D eigenvalue weighted by molar-refractivity contribution is 0.0491. The number of nitrogens with zero attached hydrogens (tertiary/aromatic N) is 5. The van der Waals surface area contributed by atoms with Gasteiger partial charge in [0.2, 0.25) is 0 Å². The highest BCUT2D eigenvalue weighted by atomic mass is 16.3. The van der Waals surface area contributed by atoms with E-state index in [0.717, 1.165) is 42.8 Å². The van der Waals surface area contributed by atoms with E-state index in [2.05, 4.69) is 39.2 Å². The van der Waals surface area contributed by atoms with Crippen LogP contribution >= 0.6 is 0 Å². The van der Waals surface area contributed by atoms with E-state index >= 15 is 0 Å². The van der Waals surface area contributed by atoms with Crippen molar-refractivity contribution in [3.63, 3.8) is 0 Å². The van der Waals surface area contributed by atoms with Crippen molar-refractivity contribution in [3.8, 4) is 0 Å². The fraction of sp³-hybridized carbons (Fsp3) is 0.400. The maximum Gasteiger partial charge on any atom is 0.255 e. The number of hydrogen-bond acceptors (Lipinski definition) is 5. The van der Waals surface area contributed by atoms with Crippen molar-refractivity contribution in [2.75, 3.05) is 26.2 Å². The number of carbonyl (C=O) groups is 1. The summed E-state index contributed by atoms with van der Waals surface area (Å²) in [4.78, 5) is 21.8. The Balaban J connectivity index is 1.22. The number of hydrogen-bond donors (Lipinski definition) is 1. The van der Waals surface area contributed by atoms with Gasteiger partial charge in [-0.25, -0.2) is 0 Å². The Bertz CT molecular complexity index is 1130. The van der Waals surface area contributed by atoms with Crippen LogP contribution in [0.5, 0.6) is 0 Å². The fourth-order valence-corrected chi connectivity index (χ4v) is 4.82. The second-order valence-corrected chi connectivity index (χ2v) is 8.95. The topological polar surface area (TPSA) is 74.5 Å². The van der Waals surface area contributed by atoms with E-state index in [1.165, 1.54) is 11.1 Å². The number of benzene rings is 1. The molecule has 4 heterocycles. The zero-order chi connectivity index (χ0) is 22.1. The Morgan fingerprint density at radius 1 is 1.06 bits per heavy atom. The molecule has 0 radical (unpaired) electrons. The van der Waals surface area contributed by atoms with Crippen LogP contribution in [0.3, 0.4) is 0 Å². The molecule has 7 heteroatoms. The van der Waals surface area contributed by atoms with E-state index in [1.807, 2.05) is 31.7 Å². The highest BCUT2D eigenvalue weighted by Gasteiger charge is 2.28. The monoisotopic (exact) mass is 431 g/mol. The third-order valence-electron chi connectivity index (χ3n) is 6.44. The summed E-state index contributed by atoms with van der Waals surface area (Å²) >= 11 is 0. The van der Waals surface area contributed by atoms with Crippen LogP contribution in [-0.2, 0) is 32.9 Å². The van der Waals surface area contributed by atoms with E-state index < -0.39 is 6.10 Å². The lowest BCUT2D eigenvalue weighted by Crippen LogP contribution is -2.46. The van der Waals surface area contributed by atoms with Crippen molar-refractivity contribution < 1.29 is 9.90 Å². The summed E-state index contributed by atoms with van der Waals surface area (Å²) in [5, 5.41) is 15.0. The van der Waals surface area contributed by atoms with Gasteiger partial charge in [0, 0.05) is 65.0 Å². The second-order valence-electron chi connectivity index (χ2n) is 8.95. The molecule has 0 fully saturated rings. The maximum atomic E-state index is 13.2. The molecule has 2 aromatic heterocycles. The Morgan fingerprint density at radius 2 is 1.91 bits per heavy atom. The van der Waals surface area contributed by atoms with E-state index in [1.54, 1.807) is 9.58 Å². The minimum Gasteiger partial charge on any atom is -0.390 e. The summed E-state index contributed by atoms with van der Waals surface area (Å²) in [5.74, 6) is -0.0326. The van der Waals surface area contributed by atoms with Crippen molar-refractivity contribution in [3.05, 3.63) is 82.4 Å². The minimum atomic E-state index is -0.572. The third kappa shape index (κ3) is 4.45. The zero-order valence-electron chi connectivity index (χ0n) is 18.4. The number of amides is 1. The zero-order valence-corrected chi connectivity index (χ0v) is 18.4. The number of aromatic nitrogens is 3. The SMILES string of the molecule is Cn1cc(Cc2cnc3c(c2)C(=O)N(CC(O)CN2CCc4ccccc4C2)CC3)cn1. The number of pyridine rings is 1. The number of fused-ring (bicyclic) bond motifs is 2. The van der Waals surface area contributed by atoms with Gasteiger partial charge in [-0.15, -0.1) is 0 Å². The van der Waals surface area contributed by atoms with E-state index in [4.69, 9.17) is 0 Å². The van der Waals surface area contributed by atoms with Gasteiger partial charge in [-0.1, -0.05) is 24.3 Å². The van der Waals surface area contributed by atoms with Gasteiger partial charge >= 0.3 is 0 Å². The number of aliphatic hydroxyl groups excluding tert-OH is 1. The van der Waals surface area contributed by atoms with Crippen LogP contribution < -0.4 is 0 Å². The molecule has 5 rings (SSSR count). The average molecular weight is 432 g/mol. The lowest BCUT2D eigenvalue weighted by Gasteiger charge is -2.33. The van der Waals surface area contributed by atoms with Crippen LogP contribution in [0.2, 0.25) is 0 Å². The summed E-state index contributed by atoms with van der Waals surface area (Å²) < 4.78 is 1.77. The third-order valence-corrected chi connectivity index (χ3v) is 6.44. The van der Waals surface area contributed by atoms with Crippen LogP contribution in [0.4, 0.5) is 0 Å². The first-order chi connectivity index (χ1) is 15.5. The van der Waals surface area contributed by atoms with Crippen LogP contribution in [0.1, 0.15) is 38.3 Å². The number of rotatable bonds is 6. The van der Waals surface area contributed by atoms with Gasteiger partial charge in [-0.05, 0) is 34.7 Å². The van der Waals surface area contributed by atoms with Crippen molar-refractivity contribution in [1.29, 1.82) is 0 Å². The first-order valence-corrected chi connectivity index (χ1v) is 11.3. The minimum absolute atomic E-state index is 0.0326. The molecule has 166 valence electrons. The number of carbonyl (C=O) groups excluding carboxylic acids is 1. The maximum absolute atomic E-state index is 13.2. The molecule has 1 N–H and O–H groups in total. The predicted octanol–water partition coefficient (Wildman–Crippen LogP) is 1.82. The Kier molecular flexibility index (Phi) is 5.76. The van der Waals surface area contributed by atoms with Crippen molar-refractivity contribution in [1.82, 2.24) is 24.6 Å². The van der Waals surface area contributed by atoms with Crippen LogP contribution in [-0.4, -0.2) is 67.9 Å². The van der Waals surface area contributed by atoms with Gasteiger partial charge in [-0.3, -0.25) is 19.4 Å². The fourth-order valence-electron chi connectivity index (χ4n) is 4.82. The summed E-state index contributed by atoms with van der Waals surface area (Å²) in [6, 6.07) is 10.5. The summed E-state index contributed by atoms with van der Waals surface area (Å²) in [5.41, 5.74) is 6.34. The summed E-state index contributed by atoms with van der Waals surface area (Å²) in [7, 11) is 1.89. The van der Waals surface area contributed by atoms with E-state index in [0.29, 0.717) is 31.6 Å². The molecular formula is C25H29N5O2. The molecule has 2 aliphatic heterocycles. The molecule has 2 aliphatic rings. The summed E-state index contributed by atoms with van der Waals surface area (Å²) in [6.07, 6.45) is 7.52. The van der Waals surface area contributed by atoms with Gasteiger partial charge in [0.1, 0.15) is 0 Å². The molecular weight excluding hydrogens is 402 g/mol. The van der Waals surface area contributed by atoms with Gasteiger partial charge in [0.15, 0.2) is 0 Å². The number of aryl methyl sites for hydroxylation is 1. The molecule has 1 unspecified atom stereocenters. The molecule has 1 aromatic carbocycles. The first kappa shape index (κ1) is 20.8. The molecule has 0 saturated heterocycles.